The number of anilines is 1. The number of H-pyrrole nitrogens is 1. The van der Waals surface area contributed by atoms with Gasteiger partial charge in [-0.15, -0.1) is 0 Å². The molecule has 0 saturated carbocycles. The summed E-state index contributed by atoms with van der Waals surface area (Å²) in [4.78, 5) is 31.3. The van der Waals surface area contributed by atoms with Crippen molar-refractivity contribution in [3.8, 4) is 0 Å². The molecule has 5 nitrogen and oxygen atoms in total. The third-order valence-electron chi connectivity index (χ3n) is 3.58. The van der Waals surface area contributed by atoms with Crippen LogP contribution in [0.5, 0.6) is 0 Å². The molecule has 0 fully saturated rings. The molecule has 0 unspecified atom stereocenters. The van der Waals surface area contributed by atoms with Crippen molar-refractivity contribution in [3.05, 3.63) is 83.2 Å². The molecule has 0 aliphatic carbocycles. The van der Waals surface area contributed by atoms with Crippen LogP contribution in [0.1, 0.15) is 32.0 Å². The van der Waals surface area contributed by atoms with Crippen LogP contribution < -0.4 is 5.32 Å². The van der Waals surface area contributed by atoms with Gasteiger partial charge in [0.2, 0.25) is 0 Å². The molecule has 3 rings (SSSR count). The predicted molar refractivity (Wildman–Crippen MR) is 87.6 cm³/mol. The summed E-state index contributed by atoms with van der Waals surface area (Å²) in [6.07, 6.45) is 4.51. The van der Waals surface area contributed by atoms with Gasteiger partial charge >= 0.3 is 0 Å². The fourth-order valence-corrected chi connectivity index (χ4v) is 2.35. The minimum Gasteiger partial charge on any atom is -0.356 e. The van der Waals surface area contributed by atoms with Gasteiger partial charge in [0.25, 0.3) is 5.91 Å². The number of aromatic nitrogens is 2. The summed E-state index contributed by atoms with van der Waals surface area (Å²) < 4.78 is 13.9. The number of rotatable bonds is 4. The van der Waals surface area contributed by atoms with Crippen LogP contribution in [0.3, 0.4) is 0 Å². The van der Waals surface area contributed by atoms with E-state index in [4.69, 9.17) is 0 Å². The number of pyridine rings is 1. The van der Waals surface area contributed by atoms with Crippen LogP contribution in [-0.2, 0) is 0 Å². The molecule has 1 aromatic carbocycles. The molecule has 0 atom stereocenters. The Hall–Kier alpha value is -3.28. The standard InChI is InChI=1S/C18H14FN3O2/c1-11-3-2-4-14(19)16(11)17(23)12-9-15(21-10-12)18(24)22-13-5-7-20-8-6-13/h2-10,21H,1H3,(H,20,22,24). The van der Waals surface area contributed by atoms with E-state index >= 15 is 0 Å². The Morgan fingerprint density at radius 1 is 1.17 bits per heavy atom. The lowest BCUT2D eigenvalue weighted by Gasteiger charge is -2.04. The highest BCUT2D eigenvalue weighted by atomic mass is 19.1. The molecule has 0 saturated heterocycles. The maximum atomic E-state index is 13.9. The molecule has 2 aromatic heterocycles. The first-order chi connectivity index (χ1) is 11.6. The summed E-state index contributed by atoms with van der Waals surface area (Å²) >= 11 is 0. The van der Waals surface area contributed by atoms with Gasteiger partial charge in [-0.3, -0.25) is 14.6 Å². The van der Waals surface area contributed by atoms with E-state index in [0.29, 0.717) is 11.3 Å². The summed E-state index contributed by atoms with van der Waals surface area (Å²) in [5.41, 5.74) is 1.58. The Kier molecular flexibility index (Phi) is 4.20. The van der Waals surface area contributed by atoms with Gasteiger partial charge in [0.05, 0.1) is 5.56 Å². The van der Waals surface area contributed by atoms with Gasteiger partial charge < -0.3 is 10.3 Å². The van der Waals surface area contributed by atoms with Gasteiger partial charge in [-0.2, -0.15) is 0 Å². The normalized spacial score (nSPS) is 10.4. The molecule has 0 aliphatic heterocycles. The lowest BCUT2D eigenvalue weighted by Crippen LogP contribution is -2.12. The molecule has 6 heteroatoms. The molecule has 3 aromatic rings. The Labute approximate surface area is 137 Å². The summed E-state index contributed by atoms with van der Waals surface area (Å²) in [5, 5.41) is 2.68. The Morgan fingerprint density at radius 3 is 2.62 bits per heavy atom. The lowest BCUT2D eigenvalue weighted by atomic mass is 10.0. The predicted octanol–water partition coefficient (Wildman–Crippen LogP) is 3.34. The Morgan fingerprint density at radius 2 is 1.92 bits per heavy atom. The van der Waals surface area contributed by atoms with Crippen LogP contribution in [0.25, 0.3) is 0 Å². The minimum absolute atomic E-state index is 0.0117. The zero-order valence-electron chi connectivity index (χ0n) is 12.8. The van der Waals surface area contributed by atoms with Crippen molar-refractivity contribution < 1.29 is 14.0 Å². The van der Waals surface area contributed by atoms with Gasteiger partial charge in [0.1, 0.15) is 11.5 Å². The van der Waals surface area contributed by atoms with Crippen molar-refractivity contribution in [1.29, 1.82) is 0 Å². The van der Waals surface area contributed by atoms with E-state index in [9.17, 15) is 14.0 Å². The van der Waals surface area contributed by atoms with Crippen molar-refractivity contribution >= 4 is 17.4 Å². The largest absolute Gasteiger partial charge is 0.356 e. The number of hydrogen-bond acceptors (Lipinski definition) is 3. The third-order valence-corrected chi connectivity index (χ3v) is 3.58. The number of aromatic amines is 1. The number of nitrogens with zero attached hydrogens (tertiary/aromatic N) is 1. The zero-order valence-corrected chi connectivity index (χ0v) is 12.8. The fraction of sp³-hybridized carbons (Fsp3) is 0.0556. The second kappa shape index (κ2) is 6.45. The molecule has 24 heavy (non-hydrogen) atoms. The highest BCUT2D eigenvalue weighted by molar-refractivity contribution is 6.12. The molecule has 0 spiro atoms. The molecular weight excluding hydrogens is 309 g/mol. The number of ketones is 1. The molecule has 0 bridgehead atoms. The topological polar surface area (TPSA) is 74.8 Å². The Balaban J connectivity index is 1.83. The number of hydrogen-bond donors (Lipinski definition) is 2. The molecule has 0 radical (unpaired) electrons. The monoisotopic (exact) mass is 323 g/mol. The van der Waals surface area contributed by atoms with Crippen LogP contribution in [0.4, 0.5) is 10.1 Å². The van der Waals surface area contributed by atoms with Crippen molar-refractivity contribution in [3.63, 3.8) is 0 Å². The van der Waals surface area contributed by atoms with E-state index in [1.807, 2.05) is 0 Å². The number of benzene rings is 1. The number of aryl methyl sites for hydroxylation is 1. The summed E-state index contributed by atoms with van der Waals surface area (Å²) in [6.45, 7) is 1.67. The maximum absolute atomic E-state index is 13.9. The van der Waals surface area contributed by atoms with Gasteiger partial charge in [-0.05, 0) is 36.8 Å². The first kappa shape index (κ1) is 15.6. The van der Waals surface area contributed by atoms with Gasteiger partial charge in [0.15, 0.2) is 5.78 Å². The van der Waals surface area contributed by atoms with E-state index < -0.39 is 17.5 Å². The number of halogens is 1. The molecular formula is C18H14FN3O2. The van der Waals surface area contributed by atoms with E-state index in [2.05, 4.69) is 15.3 Å². The lowest BCUT2D eigenvalue weighted by molar-refractivity contribution is 0.102. The zero-order chi connectivity index (χ0) is 17.1. The average molecular weight is 323 g/mol. The van der Waals surface area contributed by atoms with Crippen molar-refractivity contribution in [2.24, 2.45) is 0 Å². The second-order valence-corrected chi connectivity index (χ2v) is 5.25. The third kappa shape index (κ3) is 3.08. The number of amides is 1. The summed E-state index contributed by atoms with van der Waals surface area (Å²) in [6, 6.07) is 9.16. The van der Waals surface area contributed by atoms with E-state index in [1.165, 1.54) is 18.3 Å². The van der Waals surface area contributed by atoms with E-state index in [-0.39, 0.29) is 16.8 Å². The van der Waals surface area contributed by atoms with Crippen LogP contribution in [0.15, 0.2) is 55.0 Å². The summed E-state index contributed by atoms with van der Waals surface area (Å²) in [5.74, 6) is -1.45. The maximum Gasteiger partial charge on any atom is 0.272 e. The minimum atomic E-state index is -0.580. The van der Waals surface area contributed by atoms with Crippen LogP contribution in [-0.4, -0.2) is 21.7 Å². The first-order valence-corrected chi connectivity index (χ1v) is 7.26. The van der Waals surface area contributed by atoms with E-state index in [1.54, 1.807) is 43.6 Å². The fourth-order valence-electron chi connectivity index (χ4n) is 2.35. The van der Waals surface area contributed by atoms with Gasteiger partial charge in [-0.1, -0.05) is 12.1 Å². The Bertz CT molecular complexity index is 883. The van der Waals surface area contributed by atoms with Gasteiger partial charge in [0, 0.05) is 29.8 Å². The smallest absolute Gasteiger partial charge is 0.272 e. The van der Waals surface area contributed by atoms with Crippen molar-refractivity contribution in [2.45, 2.75) is 6.92 Å². The molecule has 2 N–H and O–H groups in total. The molecule has 120 valence electrons. The van der Waals surface area contributed by atoms with Crippen LogP contribution >= 0.6 is 0 Å². The highest BCUT2D eigenvalue weighted by Gasteiger charge is 2.19. The van der Waals surface area contributed by atoms with Gasteiger partial charge in [-0.25, -0.2) is 4.39 Å². The summed E-state index contributed by atoms with van der Waals surface area (Å²) in [7, 11) is 0. The SMILES string of the molecule is Cc1cccc(F)c1C(=O)c1c[nH]c(C(=O)Nc2ccncc2)c1. The quantitative estimate of drug-likeness (QED) is 0.723. The highest BCUT2D eigenvalue weighted by Crippen LogP contribution is 2.18. The second-order valence-electron chi connectivity index (χ2n) is 5.25. The van der Waals surface area contributed by atoms with Crippen molar-refractivity contribution in [1.82, 2.24) is 9.97 Å². The molecule has 0 aliphatic rings. The average Bonchev–Trinajstić information content (AvgIpc) is 3.05. The first-order valence-electron chi connectivity index (χ1n) is 7.26. The van der Waals surface area contributed by atoms with Crippen LogP contribution in [0, 0.1) is 12.7 Å². The molecule has 1 amide bonds. The van der Waals surface area contributed by atoms with Crippen LogP contribution in [0.2, 0.25) is 0 Å². The number of carbonyl (C=O) groups excluding carboxylic acids is 2. The number of nitrogens with one attached hydrogen (secondary N) is 2. The number of carbonyl (C=O) groups is 2. The molecule has 2 heterocycles. The van der Waals surface area contributed by atoms with E-state index in [0.717, 1.165) is 0 Å². The van der Waals surface area contributed by atoms with Crippen molar-refractivity contribution in [2.75, 3.05) is 5.32 Å².